The fourth-order valence-corrected chi connectivity index (χ4v) is 4.01. The average molecular weight is 365 g/mol. The molecule has 0 aliphatic carbocycles. The molecule has 142 valence electrons. The largest absolute Gasteiger partial charge is 0.340 e. The number of hydrogen-bond acceptors (Lipinski definition) is 3. The molecule has 3 aromatic rings. The van der Waals surface area contributed by atoms with Gasteiger partial charge in [0.15, 0.2) is 0 Å². The first-order chi connectivity index (χ1) is 13.1. The number of carbonyl (C=O) groups excluding carboxylic acids is 1. The van der Waals surface area contributed by atoms with Crippen molar-refractivity contribution in [3.8, 4) is 0 Å². The fraction of sp³-hybridized carbons (Fsp3) is 0.476. The molecule has 1 unspecified atom stereocenters. The summed E-state index contributed by atoms with van der Waals surface area (Å²) in [6.07, 6.45) is 7.43. The van der Waals surface area contributed by atoms with Gasteiger partial charge in [0.2, 0.25) is 5.91 Å². The molecule has 1 saturated heterocycles. The van der Waals surface area contributed by atoms with Crippen LogP contribution in [0.5, 0.6) is 0 Å². The van der Waals surface area contributed by atoms with E-state index in [1.807, 2.05) is 41.6 Å². The Balaban J connectivity index is 1.49. The number of fused-ring (bicyclic) bond motifs is 1. The van der Waals surface area contributed by atoms with Crippen molar-refractivity contribution in [3.63, 3.8) is 0 Å². The SMILES string of the molecule is CC(C)c1nccn1CCC(=O)N1CCCCC1c1nc2ccccc2[nH]1. The van der Waals surface area contributed by atoms with E-state index in [-0.39, 0.29) is 11.9 Å². The van der Waals surface area contributed by atoms with Crippen LogP contribution in [0.2, 0.25) is 0 Å². The van der Waals surface area contributed by atoms with Gasteiger partial charge < -0.3 is 14.5 Å². The van der Waals surface area contributed by atoms with E-state index in [2.05, 4.69) is 28.4 Å². The molecular formula is C21H27N5O. The molecule has 0 saturated carbocycles. The minimum Gasteiger partial charge on any atom is -0.340 e. The molecule has 0 radical (unpaired) electrons. The molecule has 0 spiro atoms. The minimum absolute atomic E-state index is 0.0472. The number of benzene rings is 1. The number of aromatic amines is 1. The van der Waals surface area contributed by atoms with Gasteiger partial charge >= 0.3 is 0 Å². The standard InChI is InChI=1S/C21H27N5O/c1-15(2)21-22-11-14-25(21)13-10-19(27)26-12-6-5-9-18(26)20-23-16-7-3-4-8-17(16)24-20/h3-4,7-8,11,14-15,18H,5-6,9-10,12-13H2,1-2H3,(H,23,24). The molecule has 27 heavy (non-hydrogen) atoms. The van der Waals surface area contributed by atoms with E-state index in [0.717, 1.165) is 48.5 Å². The summed E-state index contributed by atoms with van der Waals surface area (Å²) in [5.41, 5.74) is 2.00. The van der Waals surface area contributed by atoms with Crippen LogP contribution in [-0.4, -0.2) is 36.9 Å². The van der Waals surface area contributed by atoms with E-state index in [4.69, 9.17) is 4.98 Å². The maximum absolute atomic E-state index is 13.0. The highest BCUT2D eigenvalue weighted by Crippen LogP contribution is 2.31. The number of H-pyrrole nitrogens is 1. The number of carbonyl (C=O) groups is 1. The number of nitrogens with one attached hydrogen (secondary N) is 1. The Bertz CT molecular complexity index is 892. The van der Waals surface area contributed by atoms with Crippen molar-refractivity contribution in [1.29, 1.82) is 0 Å². The van der Waals surface area contributed by atoms with Crippen LogP contribution < -0.4 is 0 Å². The summed E-state index contributed by atoms with van der Waals surface area (Å²) in [5, 5.41) is 0. The number of piperidine rings is 1. The number of likely N-dealkylation sites (tertiary alicyclic amines) is 1. The van der Waals surface area contributed by atoms with Crippen LogP contribution in [0.1, 0.15) is 63.1 Å². The Morgan fingerprint density at radius 2 is 2.15 bits per heavy atom. The number of rotatable bonds is 5. The lowest BCUT2D eigenvalue weighted by Crippen LogP contribution is -2.39. The molecule has 3 heterocycles. The van der Waals surface area contributed by atoms with E-state index in [1.54, 1.807) is 0 Å². The van der Waals surface area contributed by atoms with Crippen LogP contribution in [0.3, 0.4) is 0 Å². The Morgan fingerprint density at radius 3 is 2.96 bits per heavy atom. The van der Waals surface area contributed by atoms with Gasteiger partial charge in [-0.3, -0.25) is 4.79 Å². The monoisotopic (exact) mass is 365 g/mol. The molecule has 1 N–H and O–H groups in total. The Morgan fingerprint density at radius 1 is 1.30 bits per heavy atom. The minimum atomic E-state index is 0.0472. The molecule has 1 amide bonds. The zero-order valence-corrected chi connectivity index (χ0v) is 16.1. The third-order valence-corrected chi connectivity index (χ3v) is 5.38. The van der Waals surface area contributed by atoms with Gasteiger partial charge in [-0.25, -0.2) is 9.97 Å². The van der Waals surface area contributed by atoms with E-state index in [0.29, 0.717) is 18.9 Å². The predicted molar refractivity (Wildman–Crippen MR) is 105 cm³/mol. The highest BCUT2D eigenvalue weighted by molar-refractivity contribution is 5.78. The maximum atomic E-state index is 13.0. The number of imidazole rings is 2. The lowest BCUT2D eigenvalue weighted by atomic mass is 10.0. The first-order valence-corrected chi connectivity index (χ1v) is 9.88. The molecule has 0 bridgehead atoms. The third kappa shape index (κ3) is 3.61. The molecule has 2 aromatic heterocycles. The van der Waals surface area contributed by atoms with Gasteiger partial charge in [-0.15, -0.1) is 0 Å². The van der Waals surface area contributed by atoms with Crippen molar-refractivity contribution in [2.45, 2.75) is 58.0 Å². The van der Waals surface area contributed by atoms with Crippen molar-refractivity contribution in [2.24, 2.45) is 0 Å². The van der Waals surface area contributed by atoms with Crippen molar-refractivity contribution in [2.75, 3.05) is 6.54 Å². The van der Waals surface area contributed by atoms with Crippen LogP contribution in [0.15, 0.2) is 36.7 Å². The smallest absolute Gasteiger partial charge is 0.224 e. The van der Waals surface area contributed by atoms with Crippen LogP contribution in [-0.2, 0) is 11.3 Å². The Hall–Kier alpha value is -2.63. The second-order valence-electron chi connectivity index (χ2n) is 7.62. The molecule has 6 heteroatoms. The van der Waals surface area contributed by atoms with Crippen LogP contribution >= 0.6 is 0 Å². The Kier molecular flexibility index (Phi) is 4.97. The number of amides is 1. The van der Waals surface area contributed by atoms with Gasteiger partial charge in [0.05, 0.1) is 17.1 Å². The second kappa shape index (κ2) is 7.55. The molecule has 1 aliphatic rings. The zero-order chi connectivity index (χ0) is 18.8. The predicted octanol–water partition coefficient (Wildman–Crippen LogP) is 4.03. The summed E-state index contributed by atoms with van der Waals surface area (Å²) in [7, 11) is 0. The molecule has 1 aromatic carbocycles. The average Bonchev–Trinajstić information content (AvgIpc) is 3.32. The molecular weight excluding hydrogens is 338 g/mol. The van der Waals surface area contributed by atoms with Crippen LogP contribution in [0.25, 0.3) is 11.0 Å². The molecule has 6 nitrogen and oxygen atoms in total. The number of aromatic nitrogens is 4. The number of hydrogen-bond donors (Lipinski definition) is 1. The van der Waals surface area contributed by atoms with Crippen molar-refractivity contribution in [3.05, 3.63) is 48.3 Å². The van der Waals surface area contributed by atoms with Gasteiger partial charge in [0, 0.05) is 37.8 Å². The highest BCUT2D eigenvalue weighted by Gasteiger charge is 2.30. The van der Waals surface area contributed by atoms with E-state index in [1.165, 1.54) is 0 Å². The van der Waals surface area contributed by atoms with Gasteiger partial charge in [-0.2, -0.15) is 0 Å². The molecule has 1 fully saturated rings. The van der Waals surface area contributed by atoms with Crippen LogP contribution in [0, 0.1) is 0 Å². The molecule has 1 atom stereocenters. The summed E-state index contributed by atoms with van der Waals surface area (Å²) in [5.74, 6) is 2.50. The van der Waals surface area contributed by atoms with Gasteiger partial charge in [0.1, 0.15) is 11.6 Å². The first-order valence-electron chi connectivity index (χ1n) is 9.88. The summed E-state index contributed by atoms with van der Waals surface area (Å²) >= 11 is 0. The van der Waals surface area contributed by atoms with Gasteiger partial charge in [-0.05, 0) is 31.4 Å². The normalized spacial score (nSPS) is 17.7. The summed E-state index contributed by atoms with van der Waals surface area (Å²) in [4.78, 5) is 27.6. The molecule has 4 rings (SSSR count). The van der Waals surface area contributed by atoms with Gasteiger partial charge in [-0.1, -0.05) is 26.0 Å². The van der Waals surface area contributed by atoms with Crippen molar-refractivity contribution in [1.82, 2.24) is 24.4 Å². The lowest BCUT2D eigenvalue weighted by Gasteiger charge is -2.34. The number of para-hydroxylation sites is 2. The summed E-state index contributed by atoms with van der Waals surface area (Å²) in [6, 6.07) is 8.09. The fourth-order valence-electron chi connectivity index (χ4n) is 4.01. The topological polar surface area (TPSA) is 66.8 Å². The third-order valence-electron chi connectivity index (χ3n) is 5.38. The zero-order valence-electron chi connectivity index (χ0n) is 16.1. The van der Waals surface area contributed by atoms with Gasteiger partial charge in [0.25, 0.3) is 0 Å². The first kappa shape index (κ1) is 17.8. The van der Waals surface area contributed by atoms with Crippen molar-refractivity contribution < 1.29 is 4.79 Å². The van der Waals surface area contributed by atoms with E-state index >= 15 is 0 Å². The Labute approximate surface area is 159 Å². The number of aryl methyl sites for hydroxylation is 1. The maximum Gasteiger partial charge on any atom is 0.224 e. The second-order valence-corrected chi connectivity index (χ2v) is 7.62. The van der Waals surface area contributed by atoms with E-state index in [9.17, 15) is 4.79 Å². The van der Waals surface area contributed by atoms with E-state index < -0.39 is 0 Å². The quantitative estimate of drug-likeness (QED) is 0.742. The summed E-state index contributed by atoms with van der Waals surface area (Å²) < 4.78 is 2.10. The summed E-state index contributed by atoms with van der Waals surface area (Å²) in [6.45, 7) is 5.74. The van der Waals surface area contributed by atoms with Crippen LogP contribution in [0.4, 0.5) is 0 Å². The highest BCUT2D eigenvalue weighted by atomic mass is 16.2. The number of nitrogens with zero attached hydrogens (tertiary/aromatic N) is 4. The molecule has 1 aliphatic heterocycles. The van der Waals surface area contributed by atoms with Crippen molar-refractivity contribution >= 4 is 16.9 Å². The lowest BCUT2D eigenvalue weighted by molar-refractivity contribution is -0.135.